The van der Waals surface area contributed by atoms with E-state index in [0.29, 0.717) is 5.69 Å². The van der Waals surface area contributed by atoms with E-state index in [0.717, 1.165) is 22.6 Å². The molecular weight excluding hydrogens is 392 g/mol. The number of thiophene rings is 1. The summed E-state index contributed by atoms with van der Waals surface area (Å²) < 4.78 is 5.12. The number of esters is 1. The van der Waals surface area contributed by atoms with Gasteiger partial charge in [0.05, 0.1) is 18.2 Å². The van der Waals surface area contributed by atoms with E-state index in [1.54, 1.807) is 11.3 Å². The second-order valence-corrected chi connectivity index (χ2v) is 8.07. The molecule has 0 radical (unpaired) electrons. The molecule has 2 aromatic heterocycles. The molecule has 0 fully saturated rings. The summed E-state index contributed by atoms with van der Waals surface area (Å²) in [5.74, 6) is -0.765. The molecular formula is C21H22N2O3S2. The van der Waals surface area contributed by atoms with E-state index < -0.39 is 5.97 Å². The third kappa shape index (κ3) is 5.50. The third-order valence-corrected chi connectivity index (χ3v) is 5.86. The van der Waals surface area contributed by atoms with Gasteiger partial charge < -0.3 is 10.1 Å². The van der Waals surface area contributed by atoms with E-state index in [4.69, 9.17) is 4.74 Å². The Morgan fingerprint density at radius 1 is 1.18 bits per heavy atom. The lowest BCUT2D eigenvalue weighted by Crippen LogP contribution is -2.32. The van der Waals surface area contributed by atoms with Crippen LogP contribution in [0.1, 0.15) is 36.2 Å². The number of aryl methyl sites for hydroxylation is 1. The number of amides is 1. The van der Waals surface area contributed by atoms with Crippen LogP contribution in [0, 0.1) is 6.92 Å². The largest absolute Gasteiger partial charge is 0.455 e. The lowest BCUT2D eigenvalue weighted by molar-refractivity contribution is -0.148. The number of rotatable bonds is 8. The van der Waals surface area contributed by atoms with Gasteiger partial charge in [0.15, 0.2) is 6.61 Å². The molecule has 2 heterocycles. The number of hydrogen-bond acceptors (Lipinski definition) is 6. The summed E-state index contributed by atoms with van der Waals surface area (Å²) in [6.45, 7) is 3.74. The van der Waals surface area contributed by atoms with Crippen LogP contribution in [0.25, 0.3) is 10.6 Å². The highest BCUT2D eigenvalue weighted by molar-refractivity contribution is 7.14. The van der Waals surface area contributed by atoms with Crippen molar-refractivity contribution >= 4 is 34.6 Å². The summed E-state index contributed by atoms with van der Waals surface area (Å²) in [5, 5.41) is 9.65. The van der Waals surface area contributed by atoms with Gasteiger partial charge in [-0.3, -0.25) is 9.59 Å². The Kier molecular flexibility index (Phi) is 6.95. The molecule has 1 N–H and O–H groups in total. The summed E-state index contributed by atoms with van der Waals surface area (Å²) in [6, 6.07) is 9.93. The fourth-order valence-electron chi connectivity index (χ4n) is 2.71. The van der Waals surface area contributed by atoms with Gasteiger partial charge in [-0.05, 0) is 30.4 Å². The van der Waals surface area contributed by atoms with E-state index in [9.17, 15) is 9.59 Å². The molecule has 0 unspecified atom stereocenters. The van der Waals surface area contributed by atoms with Gasteiger partial charge in [0.1, 0.15) is 5.01 Å². The molecule has 0 bridgehead atoms. The zero-order valence-corrected chi connectivity index (χ0v) is 17.4. The van der Waals surface area contributed by atoms with Crippen LogP contribution in [-0.4, -0.2) is 23.5 Å². The monoisotopic (exact) mass is 414 g/mol. The molecule has 28 heavy (non-hydrogen) atoms. The highest BCUT2D eigenvalue weighted by Crippen LogP contribution is 2.25. The SMILES string of the molecule is CC[C@H](NC(=O)COC(=O)Cc1csc(-c2ccsc2)n1)c1ccc(C)cc1. The Bertz CT molecular complexity index is 918. The van der Waals surface area contributed by atoms with E-state index in [-0.39, 0.29) is 25.0 Å². The quantitative estimate of drug-likeness (QED) is 0.550. The lowest BCUT2D eigenvalue weighted by atomic mass is 10.0. The molecule has 0 saturated carbocycles. The van der Waals surface area contributed by atoms with Gasteiger partial charge in [0, 0.05) is 16.3 Å². The fraction of sp³-hybridized carbons (Fsp3) is 0.286. The number of aromatic nitrogens is 1. The normalized spacial score (nSPS) is 11.8. The molecule has 7 heteroatoms. The Labute approximate surface area is 172 Å². The van der Waals surface area contributed by atoms with Gasteiger partial charge in [0.25, 0.3) is 5.91 Å². The molecule has 3 rings (SSSR count). The van der Waals surface area contributed by atoms with Crippen LogP contribution in [-0.2, 0) is 20.7 Å². The first kappa shape index (κ1) is 20.2. The average Bonchev–Trinajstić information content (AvgIpc) is 3.37. The second-order valence-electron chi connectivity index (χ2n) is 6.43. The molecule has 0 spiro atoms. The highest BCUT2D eigenvalue weighted by atomic mass is 32.1. The summed E-state index contributed by atoms with van der Waals surface area (Å²) in [6.07, 6.45) is 0.815. The van der Waals surface area contributed by atoms with Crippen LogP contribution in [0.4, 0.5) is 0 Å². The fourth-order valence-corrected chi connectivity index (χ4v) is 4.24. The van der Waals surface area contributed by atoms with Crippen molar-refractivity contribution in [2.24, 2.45) is 0 Å². The Balaban J connectivity index is 1.47. The molecule has 1 amide bonds. The lowest BCUT2D eigenvalue weighted by Gasteiger charge is -2.17. The predicted molar refractivity (Wildman–Crippen MR) is 112 cm³/mol. The first-order valence-electron chi connectivity index (χ1n) is 9.03. The van der Waals surface area contributed by atoms with Gasteiger partial charge in [0.2, 0.25) is 0 Å². The maximum absolute atomic E-state index is 12.2. The molecule has 5 nitrogen and oxygen atoms in total. The Morgan fingerprint density at radius 2 is 1.96 bits per heavy atom. The van der Waals surface area contributed by atoms with Crippen molar-refractivity contribution in [3.05, 3.63) is 63.3 Å². The number of carbonyl (C=O) groups is 2. The minimum absolute atomic E-state index is 0.0586. The zero-order chi connectivity index (χ0) is 19.9. The number of carbonyl (C=O) groups excluding carboxylic acids is 2. The summed E-state index contributed by atoms with van der Waals surface area (Å²) in [4.78, 5) is 28.7. The van der Waals surface area contributed by atoms with Gasteiger partial charge >= 0.3 is 5.97 Å². The maximum atomic E-state index is 12.2. The molecule has 0 saturated heterocycles. The van der Waals surface area contributed by atoms with Crippen LogP contribution in [0.15, 0.2) is 46.5 Å². The van der Waals surface area contributed by atoms with Crippen LogP contribution in [0.5, 0.6) is 0 Å². The van der Waals surface area contributed by atoms with Gasteiger partial charge in [-0.15, -0.1) is 11.3 Å². The number of nitrogens with zero attached hydrogens (tertiary/aromatic N) is 1. The highest BCUT2D eigenvalue weighted by Gasteiger charge is 2.15. The number of ether oxygens (including phenoxy) is 1. The predicted octanol–water partition coefficient (Wildman–Crippen LogP) is 4.53. The summed E-state index contributed by atoms with van der Waals surface area (Å²) in [7, 11) is 0. The molecule has 0 aliphatic heterocycles. The maximum Gasteiger partial charge on any atom is 0.312 e. The van der Waals surface area contributed by atoms with Crippen LogP contribution >= 0.6 is 22.7 Å². The number of benzene rings is 1. The molecule has 146 valence electrons. The smallest absolute Gasteiger partial charge is 0.312 e. The van der Waals surface area contributed by atoms with E-state index in [1.807, 2.05) is 60.3 Å². The molecule has 1 aromatic carbocycles. The number of nitrogens with one attached hydrogen (secondary N) is 1. The second kappa shape index (κ2) is 9.61. The van der Waals surface area contributed by atoms with Gasteiger partial charge in [-0.25, -0.2) is 4.98 Å². The molecule has 0 aliphatic rings. The van der Waals surface area contributed by atoms with Crippen molar-refractivity contribution in [1.29, 1.82) is 0 Å². The van der Waals surface area contributed by atoms with E-state index in [2.05, 4.69) is 10.3 Å². The molecule has 1 atom stereocenters. The number of thiazole rings is 1. The van der Waals surface area contributed by atoms with Crippen molar-refractivity contribution in [2.45, 2.75) is 32.7 Å². The van der Waals surface area contributed by atoms with Crippen LogP contribution in [0.3, 0.4) is 0 Å². The first-order chi connectivity index (χ1) is 13.5. The third-order valence-electron chi connectivity index (χ3n) is 4.23. The topological polar surface area (TPSA) is 68.3 Å². The minimum Gasteiger partial charge on any atom is -0.455 e. The average molecular weight is 415 g/mol. The molecule has 3 aromatic rings. The van der Waals surface area contributed by atoms with Crippen molar-refractivity contribution in [3.63, 3.8) is 0 Å². The number of hydrogen-bond donors (Lipinski definition) is 1. The Hall–Kier alpha value is -2.51. The first-order valence-corrected chi connectivity index (χ1v) is 10.9. The van der Waals surface area contributed by atoms with Crippen molar-refractivity contribution < 1.29 is 14.3 Å². The summed E-state index contributed by atoms with van der Waals surface area (Å²) in [5.41, 5.74) is 3.91. The van der Waals surface area contributed by atoms with Crippen molar-refractivity contribution in [2.75, 3.05) is 6.61 Å². The van der Waals surface area contributed by atoms with Crippen molar-refractivity contribution in [1.82, 2.24) is 10.3 Å². The van der Waals surface area contributed by atoms with E-state index in [1.165, 1.54) is 16.9 Å². The van der Waals surface area contributed by atoms with Gasteiger partial charge in [-0.1, -0.05) is 36.8 Å². The summed E-state index contributed by atoms with van der Waals surface area (Å²) >= 11 is 3.10. The minimum atomic E-state index is -0.458. The zero-order valence-electron chi connectivity index (χ0n) is 15.8. The van der Waals surface area contributed by atoms with E-state index >= 15 is 0 Å². The van der Waals surface area contributed by atoms with Crippen molar-refractivity contribution in [3.8, 4) is 10.6 Å². The van der Waals surface area contributed by atoms with Crippen LogP contribution in [0.2, 0.25) is 0 Å². The molecule has 0 aliphatic carbocycles. The van der Waals surface area contributed by atoms with Crippen LogP contribution < -0.4 is 5.32 Å². The standard InChI is InChI=1S/C21H22N2O3S2/c1-3-18(15-6-4-14(2)5-7-15)23-19(24)11-26-20(25)10-17-13-28-21(22-17)16-8-9-27-12-16/h4-9,12-13,18H,3,10-11H2,1-2H3,(H,23,24)/t18-/m0/s1. The van der Waals surface area contributed by atoms with Gasteiger partial charge in [-0.2, -0.15) is 11.3 Å². The Morgan fingerprint density at radius 3 is 2.64 bits per heavy atom.